The highest BCUT2D eigenvalue weighted by Gasteiger charge is 2.44. The van der Waals surface area contributed by atoms with Gasteiger partial charge in [-0.25, -0.2) is 4.39 Å². The molecule has 136 valence electrons. The van der Waals surface area contributed by atoms with Crippen LogP contribution in [0.5, 0.6) is 0 Å². The Labute approximate surface area is 146 Å². The van der Waals surface area contributed by atoms with Crippen molar-refractivity contribution in [3.05, 3.63) is 71.0 Å². The molecule has 2 unspecified atom stereocenters. The van der Waals surface area contributed by atoms with E-state index in [1.807, 2.05) is 0 Å². The first-order valence-corrected chi connectivity index (χ1v) is 7.79. The highest BCUT2D eigenvalue weighted by atomic mass is 19.4. The standard InChI is InChI=1S/C18H14F4N2O2/c19-15-4-2-1-3-12(15)16(25)23-24-17(26)14-9-13(14)10-5-7-11(8-6-10)18(20,21)22/h1-8,13-14H,9H2,(H,23,25)(H,24,26). The predicted molar refractivity (Wildman–Crippen MR) is 84.3 cm³/mol. The van der Waals surface area contributed by atoms with E-state index < -0.39 is 35.3 Å². The van der Waals surface area contributed by atoms with Crippen LogP contribution in [-0.2, 0) is 11.0 Å². The Morgan fingerprint density at radius 3 is 2.23 bits per heavy atom. The van der Waals surface area contributed by atoms with E-state index in [1.165, 1.54) is 30.3 Å². The van der Waals surface area contributed by atoms with E-state index in [0.717, 1.165) is 18.2 Å². The first-order valence-electron chi connectivity index (χ1n) is 7.79. The Kier molecular flexibility index (Phi) is 4.67. The molecule has 2 atom stereocenters. The van der Waals surface area contributed by atoms with Gasteiger partial charge in [-0.05, 0) is 42.2 Å². The Balaban J connectivity index is 1.54. The fraction of sp³-hybridized carbons (Fsp3) is 0.222. The molecule has 26 heavy (non-hydrogen) atoms. The zero-order valence-electron chi connectivity index (χ0n) is 13.3. The summed E-state index contributed by atoms with van der Waals surface area (Å²) in [7, 11) is 0. The molecule has 2 N–H and O–H groups in total. The van der Waals surface area contributed by atoms with E-state index in [9.17, 15) is 27.2 Å². The molecule has 2 amide bonds. The number of hydrogen-bond acceptors (Lipinski definition) is 2. The van der Waals surface area contributed by atoms with E-state index in [2.05, 4.69) is 10.9 Å². The summed E-state index contributed by atoms with van der Waals surface area (Å²) in [5, 5.41) is 0. The van der Waals surface area contributed by atoms with Gasteiger partial charge in [-0.1, -0.05) is 24.3 Å². The van der Waals surface area contributed by atoms with Gasteiger partial charge in [0.2, 0.25) is 5.91 Å². The lowest BCUT2D eigenvalue weighted by molar-refractivity contribution is -0.137. The van der Waals surface area contributed by atoms with E-state index >= 15 is 0 Å². The van der Waals surface area contributed by atoms with E-state index in [1.54, 1.807) is 0 Å². The van der Waals surface area contributed by atoms with Crippen molar-refractivity contribution in [3.8, 4) is 0 Å². The lowest BCUT2D eigenvalue weighted by Crippen LogP contribution is -2.42. The molecule has 0 saturated heterocycles. The van der Waals surface area contributed by atoms with Crippen molar-refractivity contribution in [2.45, 2.75) is 18.5 Å². The minimum Gasteiger partial charge on any atom is -0.273 e. The molecular formula is C18H14F4N2O2. The summed E-state index contributed by atoms with van der Waals surface area (Å²) >= 11 is 0. The predicted octanol–water partition coefficient (Wildman–Crippen LogP) is 3.41. The van der Waals surface area contributed by atoms with E-state index in [0.29, 0.717) is 12.0 Å². The van der Waals surface area contributed by atoms with Gasteiger partial charge < -0.3 is 0 Å². The molecule has 1 aliphatic carbocycles. The highest BCUT2D eigenvalue weighted by molar-refractivity contribution is 5.96. The van der Waals surface area contributed by atoms with Crippen molar-refractivity contribution in [1.82, 2.24) is 10.9 Å². The van der Waals surface area contributed by atoms with Gasteiger partial charge in [-0.3, -0.25) is 20.4 Å². The number of carbonyl (C=O) groups is 2. The Morgan fingerprint density at radius 1 is 0.962 bits per heavy atom. The summed E-state index contributed by atoms with van der Waals surface area (Å²) in [4.78, 5) is 23.9. The molecule has 0 spiro atoms. The summed E-state index contributed by atoms with van der Waals surface area (Å²) in [5.74, 6) is -2.63. The van der Waals surface area contributed by atoms with Crippen LogP contribution < -0.4 is 10.9 Å². The van der Waals surface area contributed by atoms with Crippen LogP contribution >= 0.6 is 0 Å². The topological polar surface area (TPSA) is 58.2 Å². The summed E-state index contributed by atoms with van der Waals surface area (Å²) in [5.41, 5.74) is 4.02. The first kappa shape index (κ1) is 17.9. The third-order valence-corrected chi connectivity index (χ3v) is 4.21. The third kappa shape index (κ3) is 3.84. The molecule has 8 heteroatoms. The second kappa shape index (κ2) is 6.78. The fourth-order valence-corrected chi connectivity index (χ4v) is 2.70. The smallest absolute Gasteiger partial charge is 0.273 e. The maximum absolute atomic E-state index is 13.5. The largest absolute Gasteiger partial charge is 0.416 e. The normalized spacial score (nSPS) is 18.9. The fourth-order valence-electron chi connectivity index (χ4n) is 2.70. The average Bonchev–Trinajstić information content (AvgIpc) is 3.40. The summed E-state index contributed by atoms with van der Waals surface area (Å²) in [6, 6.07) is 9.96. The van der Waals surface area contributed by atoms with Gasteiger partial charge in [0, 0.05) is 5.92 Å². The lowest BCUT2D eigenvalue weighted by atomic mass is 10.1. The van der Waals surface area contributed by atoms with E-state index in [4.69, 9.17) is 0 Å². The second-order valence-electron chi connectivity index (χ2n) is 5.99. The molecule has 1 saturated carbocycles. The Bertz CT molecular complexity index is 834. The molecule has 0 aromatic heterocycles. The van der Waals surface area contributed by atoms with Gasteiger partial charge in [0.1, 0.15) is 5.82 Å². The molecule has 1 fully saturated rings. The van der Waals surface area contributed by atoms with Crippen molar-refractivity contribution < 1.29 is 27.2 Å². The zero-order chi connectivity index (χ0) is 18.9. The summed E-state index contributed by atoms with van der Waals surface area (Å²) < 4.78 is 51.1. The monoisotopic (exact) mass is 366 g/mol. The van der Waals surface area contributed by atoms with Crippen LogP contribution in [0.3, 0.4) is 0 Å². The zero-order valence-corrected chi connectivity index (χ0v) is 13.3. The van der Waals surface area contributed by atoms with Gasteiger partial charge in [0.25, 0.3) is 5.91 Å². The van der Waals surface area contributed by atoms with E-state index in [-0.39, 0.29) is 11.5 Å². The van der Waals surface area contributed by atoms with Crippen LogP contribution in [0, 0.1) is 11.7 Å². The quantitative estimate of drug-likeness (QED) is 0.646. The highest BCUT2D eigenvalue weighted by Crippen LogP contribution is 2.47. The minimum atomic E-state index is -4.41. The van der Waals surface area contributed by atoms with Crippen molar-refractivity contribution in [2.75, 3.05) is 0 Å². The van der Waals surface area contributed by atoms with Gasteiger partial charge >= 0.3 is 6.18 Å². The number of nitrogens with one attached hydrogen (secondary N) is 2. The molecule has 0 heterocycles. The SMILES string of the molecule is O=C(NNC(=O)C1CC1c1ccc(C(F)(F)F)cc1)c1ccccc1F. The molecule has 0 bridgehead atoms. The summed E-state index contributed by atoms with van der Waals surface area (Å²) in [6.45, 7) is 0. The molecule has 3 rings (SSSR count). The third-order valence-electron chi connectivity index (χ3n) is 4.21. The average molecular weight is 366 g/mol. The van der Waals surface area contributed by atoms with Crippen LogP contribution in [0.15, 0.2) is 48.5 Å². The maximum atomic E-state index is 13.5. The number of carbonyl (C=O) groups excluding carboxylic acids is 2. The minimum absolute atomic E-state index is 0.206. The molecular weight excluding hydrogens is 352 g/mol. The number of rotatable bonds is 3. The number of hydrazine groups is 1. The molecule has 0 radical (unpaired) electrons. The van der Waals surface area contributed by atoms with Gasteiger partial charge in [0.05, 0.1) is 11.1 Å². The van der Waals surface area contributed by atoms with Crippen molar-refractivity contribution in [1.29, 1.82) is 0 Å². The molecule has 2 aromatic carbocycles. The molecule has 0 aliphatic heterocycles. The number of halogens is 4. The number of amides is 2. The van der Waals surface area contributed by atoms with Gasteiger partial charge in [-0.15, -0.1) is 0 Å². The lowest BCUT2D eigenvalue weighted by Gasteiger charge is -2.09. The summed E-state index contributed by atoms with van der Waals surface area (Å²) in [6.07, 6.45) is -3.94. The Morgan fingerprint density at radius 2 is 1.62 bits per heavy atom. The number of hydrogen-bond donors (Lipinski definition) is 2. The van der Waals surface area contributed by atoms with Gasteiger partial charge in [-0.2, -0.15) is 13.2 Å². The van der Waals surface area contributed by atoms with Crippen molar-refractivity contribution in [2.24, 2.45) is 5.92 Å². The first-order chi connectivity index (χ1) is 12.3. The van der Waals surface area contributed by atoms with Crippen LogP contribution in [-0.4, -0.2) is 11.8 Å². The molecule has 2 aromatic rings. The molecule has 1 aliphatic rings. The van der Waals surface area contributed by atoms with Crippen LogP contribution in [0.25, 0.3) is 0 Å². The van der Waals surface area contributed by atoms with Crippen molar-refractivity contribution >= 4 is 11.8 Å². The second-order valence-corrected chi connectivity index (χ2v) is 5.99. The number of benzene rings is 2. The van der Waals surface area contributed by atoms with Gasteiger partial charge in [0.15, 0.2) is 0 Å². The van der Waals surface area contributed by atoms with Crippen LogP contribution in [0.4, 0.5) is 17.6 Å². The van der Waals surface area contributed by atoms with Crippen LogP contribution in [0.2, 0.25) is 0 Å². The maximum Gasteiger partial charge on any atom is 0.416 e. The van der Waals surface area contributed by atoms with Crippen molar-refractivity contribution in [3.63, 3.8) is 0 Å². The Hall–Kier alpha value is -2.90. The van der Waals surface area contributed by atoms with Crippen LogP contribution in [0.1, 0.15) is 33.8 Å². The number of alkyl halides is 3. The molecule has 4 nitrogen and oxygen atoms in total.